The third kappa shape index (κ3) is 3.08. The summed E-state index contributed by atoms with van der Waals surface area (Å²) in [5, 5.41) is 2.94. The third-order valence-electron chi connectivity index (χ3n) is 2.91. The number of halogens is 1. The highest BCUT2D eigenvalue weighted by atomic mass is 79.9. The molecule has 16 heavy (non-hydrogen) atoms. The van der Waals surface area contributed by atoms with Crippen molar-refractivity contribution < 1.29 is 4.79 Å². The molecule has 0 heterocycles. The minimum Gasteiger partial charge on any atom is -0.326 e. The Morgan fingerprint density at radius 3 is 2.56 bits per heavy atom. The van der Waals surface area contributed by atoms with E-state index in [4.69, 9.17) is 0 Å². The van der Waals surface area contributed by atoms with Gasteiger partial charge in [0.2, 0.25) is 5.91 Å². The fourth-order valence-electron chi connectivity index (χ4n) is 1.18. The van der Waals surface area contributed by atoms with Crippen molar-refractivity contribution in [3.63, 3.8) is 0 Å². The summed E-state index contributed by atoms with van der Waals surface area (Å²) in [4.78, 5) is 11.9. The van der Waals surface area contributed by atoms with Crippen LogP contribution in [0.4, 0.5) is 5.69 Å². The molecule has 1 rings (SSSR count). The summed E-state index contributed by atoms with van der Waals surface area (Å²) in [7, 11) is 0. The zero-order valence-electron chi connectivity index (χ0n) is 10.2. The smallest absolute Gasteiger partial charge is 0.230 e. The summed E-state index contributed by atoms with van der Waals surface area (Å²) < 4.78 is 1.06. The normalized spacial score (nSPS) is 11.3. The number of aryl methyl sites for hydroxylation is 1. The first-order valence-corrected chi connectivity index (χ1v) is 6.23. The number of anilines is 1. The number of nitrogens with one attached hydrogen (secondary N) is 1. The Morgan fingerprint density at radius 2 is 2.06 bits per heavy atom. The van der Waals surface area contributed by atoms with Crippen molar-refractivity contribution in [1.82, 2.24) is 0 Å². The van der Waals surface area contributed by atoms with Gasteiger partial charge in [0.1, 0.15) is 0 Å². The molecule has 0 aliphatic carbocycles. The number of hydrogen-bond acceptors (Lipinski definition) is 1. The SMILES string of the molecule is CCC(C)(C)C(=O)Nc1ccc(Br)c(C)c1. The minimum atomic E-state index is -0.318. The van der Waals surface area contributed by atoms with Crippen LogP contribution in [-0.4, -0.2) is 5.91 Å². The summed E-state index contributed by atoms with van der Waals surface area (Å²) in [6, 6.07) is 5.82. The highest BCUT2D eigenvalue weighted by Crippen LogP contribution is 2.24. The maximum absolute atomic E-state index is 11.9. The monoisotopic (exact) mass is 283 g/mol. The van der Waals surface area contributed by atoms with Crippen LogP contribution in [0.2, 0.25) is 0 Å². The summed E-state index contributed by atoms with van der Waals surface area (Å²) in [5.41, 5.74) is 1.65. The molecule has 0 saturated carbocycles. The van der Waals surface area contributed by atoms with E-state index in [-0.39, 0.29) is 11.3 Å². The number of rotatable bonds is 3. The van der Waals surface area contributed by atoms with Gasteiger partial charge in [0.15, 0.2) is 0 Å². The Morgan fingerprint density at radius 1 is 1.44 bits per heavy atom. The Labute approximate surface area is 106 Å². The van der Waals surface area contributed by atoms with Gasteiger partial charge >= 0.3 is 0 Å². The molecule has 0 bridgehead atoms. The number of benzene rings is 1. The second kappa shape index (κ2) is 5.00. The van der Waals surface area contributed by atoms with Crippen LogP contribution in [-0.2, 0) is 4.79 Å². The molecule has 2 nitrogen and oxygen atoms in total. The maximum Gasteiger partial charge on any atom is 0.230 e. The van der Waals surface area contributed by atoms with Crippen molar-refractivity contribution in [2.75, 3.05) is 5.32 Å². The lowest BCUT2D eigenvalue weighted by Gasteiger charge is -2.21. The van der Waals surface area contributed by atoms with Crippen molar-refractivity contribution in [1.29, 1.82) is 0 Å². The van der Waals surface area contributed by atoms with Gasteiger partial charge in [-0.1, -0.05) is 36.7 Å². The fraction of sp³-hybridized carbons (Fsp3) is 0.462. The summed E-state index contributed by atoms with van der Waals surface area (Å²) in [6.07, 6.45) is 0.828. The molecule has 88 valence electrons. The predicted octanol–water partition coefficient (Wildman–Crippen LogP) is 4.13. The van der Waals surface area contributed by atoms with E-state index in [9.17, 15) is 4.79 Å². The van der Waals surface area contributed by atoms with Crippen molar-refractivity contribution in [3.8, 4) is 0 Å². The lowest BCUT2D eigenvalue weighted by molar-refractivity contribution is -0.124. The van der Waals surface area contributed by atoms with Crippen LogP contribution in [0.3, 0.4) is 0 Å². The zero-order valence-corrected chi connectivity index (χ0v) is 11.8. The summed E-state index contributed by atoms with van der Waals surface area (Å²) in [6.45, 7) is 7.93. The molecule has 1 N–H and O–H groups in total. The van der Waals surface area contributed by atoms with Crippen LogP contribution in [0.5, 0.6) is 0 Å². The highest BCUT2D eigenvalue weighted by molar-refractivity contribution is 9.10. The second-order valence-corrected chi connectivity index (χ2v) is 5.51. The predicted molar refractivity (Wildman–Crippen MR) is 71.6 cm³/mol. The molecule has 0 aliphatic rings. The molecular weight excluding hydrogens is 266 g/mol. The van der Waals surface area contributed by atoms with Crippen LogP contribution in [0.15, 0.2) is 22.7 Å². The fourth-order valence-corrected chi connectivity index (χ4v) is 1.43. The van der Waals surface area contributed by atoms with Crippen molar-refractivity contribution >= 4 is 27.5 Å². The molecule has 0 aliphatic heterocycles. The average molecular weight is 284 g/mol. The molecule has 0 unspecified atom stereocenters. The zero-order chi connectivity index (χ0) is 12.3. The average Bonchev–Trinajstić information content (AvgIpc) is 2.23. The van der Waals surface area contributed by atoms with E-state index in [2.05, 4.69) is 21.2 Å². The van der Waals surface area contributed by atoms with E-state index in [0.717, 1.165) is 22.1 Å². The lowest BCUT2D eigenvalue weighted by Crippen LogP contribution is -2.29. The van der Waals surface area contributed by atoms with E-state index >= 15 is 0 Å². The van der Waals surface area contributed by atoms with Gasteiger partial charge in [0.25, 0.3) is 0 Å². The van der Waals surface area contributed by atoms with Crippen molar-refractivity contribution in [2.24, 2.45) is 5.41 Å². The molecular formula is C13H18BrNO. The first kappa shape index (κ1) is 13.2. The van der Waals surface area contributed by atoms with Crippen LogP contribution >= 0.6 is 15.9 Å². The van der Waals surface area contributed by atoms with Crippen LogP contribution < -0.4 is 5.32 Å². The van der Waals surface area contributed by atoms with Crippen molar-refractivity contribution in [3.05, 3.63) is 28.2 Å². The Balaban J connectivity index is 2.82. The van der Waals surface area contributed by atoms with E-state index in [1.807, 2.05) is 45.9 Å². The molecule has 0 saturated heterocycles. The number of carbonyl (C=O) groups is 1. The molecule has 1 amide bonds. The van der Waals surface area contributed by atoms with Gasteiger partial charge in [-0.2, -0.15) is 0 Å². The largest absolute Gasteiger partial charge is 0.326 e. The molecule has 0 aromatic heterocycles. The van der Waals surface area contributed by atoms with Crippen LogP contribution in [0.1, 0.15) is 32.8 Å². The van der Waals surface area contributed by atoms with Crippen LogP contribution in [0.25, 0.3) is 0 Å². The van der Waals surface area contributed by atoms with Gasteiger partial charge in [-0.25, -0.2) is 0 Å². The van der Waals surface area contributed by atoms with E-state index in [1.54, 1.807) is 0 Å². The molecule has 3 heteroatoms. The third-order valence-corrected chi connectivity index (χ3v) is 3.80. The quantitative estimate of drug-likeness (QED) is 0.888. The summed E-state index contributed by atoms with van der Waals surface area (Å²) in [5.74, 6) is 0.0664. The van der Waals surface area contributed by atoms with Gasteiger partial charge < -0.3 is 5.32 Å². The standard InChI is InChI=1S/C13H18BrNO/c1-5-13(3,4)12(16)15-10-6-7-11(14)9(2)8-10/h6-8H,5H2,1-4H3,(H,15,16). The lowest BCUT2D eigenvalue weighted by atomic mass is 9.89. The molecule has 0 atom stereocenters. The molecule has 1 aromatic carbocycles. The highest BCUT2D eigenvalue weighted by Gasteiger charge is 2.25. The van der Waals surface area contributed by atoms with Gasteiger partial charge in [-0.3, -0.25) is 4.79 Å². The molecule has 1 aromatic rings. The number of amides is 1. The van der Waals surface area contributed by atoms with Gasteiger partial charge in [0, 0.05) is 15.6 Å². The molecule has 0 spiro atoms. The van der Waals surface area contributed by atoms with Gasteiger partial charge in [0.05, 0.1) is 0 Å². The second-order valence-electron chi connectivity index (χ2n) is 4.66. The van der Waals surface area contributed by atoms with Crippen LogP contribution in [0, 0.1) is 12.3 Å². The number of hydrogen-bond donors (Lipinski definition) is 1. The van der Waals surface area contributed by atoms with Gasteiger partial charge in [-0.05, 0) is 37.1 Å². The first-order valence-electron chi connectivity index (χ1n) is 5.44. The van der Waals surface area contributed by atoms with E-state index in [1.165, 1.54) is 0 Å². The topological polar surface area (TPSA) is 29.1 Å². The Hall–Kier alpha value is -0.830. The molecule has 0 fully saturated rings. The van der Waals surface area contributed by atoms with E-state index < -0.39 is 0 Å². The Bertz CT molecular complexity index is 399. The van der Waals surface area contributed by atoms with Gasteiger partial charge in [-0.15, -0.1) is 0 Å². The summed E-state index contributed by atoms with van der Waals surface area (Å²) >= 11 is 3.44. The number of carbonyl (C=O) groups excluding carboxylic acids is 1. The first-order chi connectivity index (χ1) is 7.36. The molecule has 0 radical (unpaired) electrons. The minimum absolute atomic E-state index is 0.0664. The maximum atomic E-state index is 11.9. The van der Waals surface area contributed by atoms with E-state index in [0.29, 0.717) is 0 Å². The Kier molecular flexibility index (Phi) is 4.14. The van der Waals surface area contributed by atoms with Crippen molar-refractivity contribution in [2.45, 2.75) is 34.1 Å².